The Labute approximate surface area is 182 Å². The van der Waals surface area contributed by atoms with Crippen LogP contribution in [0, 0.1) is 11.3 Å². The van der Waals surface area contributed by atoms with E-state index in [1.807, 2.05) is 31.2 Å². The minimum Gasteiger partial charge on any atom is -0.388 e. The number of aliphatic hydroxyl groups excluding tert-OH is 1. The summed E-state index contributed by atoms with van der Waals surface area (Å²) in [6.45, 7) is 1.97. The largest absolute Gasteiger partial charge is 0.388 e. The van der Waals surface area contributed by atoms with Gasteiger partial charge in [-0.15, -0.1) is 0 Å². The van der Waals surface area contributed by atoms with E-state index in [2.05, 4.69) is 10.4 Å². The number of carbonyl (C=O) groups excluding carboxylic acids is 1. The average Bonchev–Trinajstić information content (AvgIpc) is 3.24. The van der Waals surface area contributed by atoms with Gasteiger partial charge in [-0.25, -0.2) is 0 Å². The molecular formula is C19H22NO2S2Y-. The number of aromatic nitrogens is 1. The van der Waals surface area contributed by atoms with E-state index < -0.39 is 6.10 Å². The average molecular weight is 449 g/mol. The molecule has 3 rings (SSSR count). The monoisotopic (exact) mass is 449 g/mol. The Morgan fingerprint density at radius 2 is 2.16 bits per heavy atom. The van der Waals surface area contributed by atoms with Gasteiger partial charge in [-0.2, -0.15) is 17.1 Å². The van der Waals surface area contributed by atoms with Crippen molar-refractivity contribution in [1.82, 2.24) is 4.98 Å². The topological polar surface area (TPSA) is 50.2 Å². The molecule has 1 aromatic heterocycles. The van der Waals surface area contributed by atoms with Gasteiger partial charge in [-0.3, -0.25) is 4.79 Å². The number of carbonyl (C=O) groups is 1. The van der Waals surface area contributed by atoms with Gasteiger partial charge in [-0.1, -0.05) is 37.4 Å². The molecule has 0 bridgehead atoms. The van der Waals surface area contributed by atoms with E-state index in [1.54, 1.807) is 29.3 Å². The zero-order valence-corrected chi connectivity index (χ0v) is 18.8. The molecule has 1 saturated carbocycles. The molecule has 0 saturated heterocycles. The Balaban J connectivity index is 0.00000225. The molecule has 2 aromatic rings. The summed E-state index contributed by atoms with van der Waals surface area (Å²) in [5.74, 6) is 1.77. The molecule has 131 valence electrons. The first-order valence-electron chi connectivity index (χ1n) is 8.44. The fraction of sp³-hybridized carbons (Fsp3) is 0.474. The van der Waals surface area contributed by atoms with E-state index in [4.69, 9.17) is 0 Å². The second-order valence-corrected chi connectivity index (χ2v) is 8.38. The van der Waals surface area contributed by atoms with Crippen LogP contribution >= 0.6 is 23.1 Å². The van der Waals surface area contributed by atoms with Crippen LogP contribution in [0.25, 0.3) is 0 Å². The van der Waals surface area contributed by atoms with Crippen molar-refractivity contribution in [3.63, 3.8) is 0 Å². The van der Waals surface area contributed by atoms with E-state index in [0.29, 0.717) is 24.5 Å². The van der Waals surface area contributed by atoms with Crippen molar-refractivity contribution in [2.24, 2.45) is 5.92 Å². The van der Waals surface area contributed by atoms with Crippen molar-refractivity contribution in [3.8, 4) is 0 Å². The van der Waals surface area contributed by atoms with Gasteiger partial charge in [0, 0.05) is 45.0 Å². The van der Waals surface area contributed by atoms with Gasteiger partial charge in [0.1, 0.15) is 5.78 Å². The number of hydrogen-bond acceptors (Lipinski definition) is 5. The van der Waals surface area contributed by atoms with E-state index in [1.165, 1.54) is 0 Å². The standard InChI is InChI=1S/C19H22NO2S2.Y/c1-2-16(21)13-3-5-14(6-4-13)18-15(7-8-17(18)22)9-11-23-19-20-10-12-24-19;/h3-6,10,15-16,18,21H,2,7-9,11H2,1H3;/q-1;. The van der Waals surface area contributed by atoms with Crippen LogP contribution in [0.5, 0.6) is 0 Å². The van der Waals surface area contributed by atoms with Crippen LogP contribution in [-0.4, -0.2) is 21.6 Å². The van der Waals surface area contributed by atoms with Crippen LogP contribution in [0.3, 0.4) is 0 Å². The van der Waals surface area contributed by atoms with E-state index in [0.717, 1.165) is 34.1 Å². The van der Waals surface area contributed by atoms with Crippen LogP contribution in [0.15, 0.2) is 34.8 Å². The molecule has 25 heavy (non-hydrogen) atoms. The summed E-state index contributed by atoms with van der Waals surface area (Å²) in [4.78, 5) is 16.6. The third-order valence-corrected chi connectivity index (χ3v) is 6.63. The molecule has 1 fully saturated rings. The fourth-order valence-corrected chi connectivity index (χ4v) is 5.05. The van der Waals surface area contributed by atoms with Crippen LogP contribution in [-0.2, 0) is 37.5 Å². The Hall–Kier alpha value is -0.0661. The zero-order chi connectivity index (χ0) is 16.9. The maximum atomic E-state index is 12.4. The molecule has 0 aliphatic heterocycles. The molecule has 3 atom stereocenters. The van der Waals surface area contributed by atoms with Crippen LogP contribution in [0.4, 0.5) is 0 Å². The van der Waals surface area contributed by atoms with Gasteiger partial charge >= 0.3 is 0 Å². The third-order valence-electron chi connectivity index (χ3n) is 4.73. The van der Waals surface area contributed by atoms with Gasteiger partial charge in [-0.05, 0) is 46.4 Å². The SMILES string of the molecule is CCC(O)c1ccc(C2C(=O)CCC2CCSc2nc[c-]s2)cc1.[Y]. The molecule has 1 heterocycles. The van der Waals surface area contributed by atoms with Gasteiger partial charge < -0.3 is 21.4 Å². The molecule has 3 nitrogen and oxygen atoms in total. The van der Waals surface area contributed by atoms with E-state index >= 15 is 0 Å². The number of Topliss-reactive ketones (excluding diaryl/α,β-unsaturated/α-hetero) is 1. The van der Waals surface area contributed by atoms with E-state index in [9.17, 15) is 9.90 Å². The minimum absolute atomic E-state index is 0. The Kier molecular flexibility index (Phi) is 8.76. The fourth-order valence-electron chi connectivity index (χ4n) is 3.39. The van der Waals surface area contributed by atoms with Crippen molar-refractivity contribution in [1.29, 1.82) is 0 Å². The molecule has 1 aromatic carbocycles. The Morgan fingerprint density at radius 3 is 2.80 bits per heavy atom. The van der Waals surface area contributed by atoms with Crippen molar-refractivity contribution in [2.45, 2.75) is 49.0 Å². The number of aliphatic hydroxyl groups is 1. The minimum atomic E-state index is -0.416. The Morgan fingerprint density at radius 1 is 1.40 bits per heavy atom. The number of hydrogen-bond donors (Lipinski definition) is 1. The molecule has 3 unspecified atom stereocenters. The maximum absolute atomic E-state index is 12.4. The van der Waals surface area contributed by atoms with Crippen molar-refractivity contribution in [3.05, 3.63) is 47.0 Å². The number of thioether (sulfide) groups is 1. The molecule has 1 aliphatic rings. The van der Waals surface area contributed by atoms with Crippen LogP contribution in [0.1, 0.15) is 55.8 Å². The maximum Gasteiger partial charge on any atom is 0.140 e. The molecule has 1 radical (unpaired) electrons. The predicted molar refractivity (Wildman–Crippen MR) is 98.5 cm³/mol. The first-order chi connectivity index (χ1) is 11.7. The summed E-state index contributed by atoms with van der Waals surface area (Å²) in [6.07, 6.45) is 4.69. The number of ketones is 1. The van der Waals surface area contributed by atoms with Gasteiger partial charge in [0.05, 0.1) is 6.10 Å². The number of rotatable bonds is 7. The summed E-state index contributed by atoms with van der Waals surface area (Å²) in [6, 6.07) is 7.98. The summed E-state index contributed by atoms with van der Waals surface area (Å²) in [7, 11) is 0. The van der Waals surface area contributed by atoms with Gasteiger partial charge in [0.2, 0.25) is 0 Å². The summed E-state index contributed by atoms with van der Waals surface area (Å²) >= 11 is 3.30. The van der Waals surface area contributed by atoms with Crippen molar-refractivity contribution in [2.75, 3.05) is 5.75 Å². The van der Waals surface area contributed by atoms with Crippen molar-refractivity contribution < 1.29 is 42.6 Å². The Bertz CT molecular complexity index is 661. The van der Waals surface area contributed by atoms with Gasteiger partial charge in [0.25, 0.3) is 0 Å². The number of benzene rings is 1. The molecular weight excluding hydrogens is 427 g/mol. The predicted octanol–water partition coefficient (Wildman–Crippen LogP) is 4.63. The summed E-state index contributed by atoms with van der Waals surface area (Å²) in [5, 5.41) is 12.9. The number of thiazole rings is 1. The number of nitrogens with zero attached hydrogens (tertiary/aromatic N) is 1. The molecule has 0 amide bonds. The van der Waals surface area contributed by atoms with Crippen LogP contribution < -0.4 is 0 Å². The molecule has 1 aliphatic carbocycles. The summed E-state index contributed by atoms with van der Waals surface area (Å²) in [5.41, 5.74) is 2.03. The first-order valence-corrected chi connectivity index (χ1v) is 10.2. The normalized spacial score (nSPS) is 21.1. The zero-order valence-electron chi connectivity index (χ0n) is 14.4. The molecule has 1 N–H and O–H groups in total. The third kappa shape index (κ3) is 5.46. The quantitative estimate of drug-likeness (QED) is 0.495. The first kappa shape index (κ1) is 21.2. The van der Waals surface area contributed by atoms with Crippen molar-refractivity contribution >= 4 is 28.9 Å². The van der Waals surface area contributed by atoms with E-state index in [-0.39, 0.29) is 38.6 Å². The smallest absolute Gasteiger partial charge is 0.140 e. The second-order valence-electron chi connectivity index (χ2n) is 6.21. The van der Waals surface area contributed by atoms with Gasteiger partial charge in [0.15, 0.2) is 0 Å². The molecule has 0 spiro atoms. The second kappa shape index (κ2) is 10.3. The summed E-state index contributed by atoms with van der Waals surface area (Å²) < 4.78 is 1.05. The molecule has 6 heteroatoms. The van der Waals surface area contributed by atoms with Crippen LogP contribution in [0.2, 0.25) is 0 Å².